The van der Waals surface area contributed by atoms with Gasteiger partial charge in [-0.15, -0.1) is 0 Å². The second-order valence-corrected chi connectivity index (χ2v) is 4.67. The maximum absolute atomic E-state index is 9.24. The SMILES string of the molecule is N#CCN(Cc1ccc(O)cc1)C1CCCC1. The maximum Gasteiger partial charge on any atom is 0.115 e. The van der Waals surface area contributed by atoms with Crippen LogP contribution in [0.15, 0.2) is 24.3 Å². The van der Waals surface area contributed by atoms with Crippen LogP contribution in [0.3, 0.4) is 0 Å². The fourth-order valence-electron chi connectivity index (χ4n) is 2.51. The molecule has 0 saturated heterocycles. The lowest BCUT2D eigenvalue weighted by molar-refractivity contribution is 0.214. The number of nitriles is 1. The smallest absolute Gasteiger partial charge is 0.115 e. The molecule has 1 aliphatic rings. The van der Waals surface area contributed by atoms with Gasteiger partial charge >= 0.3 is 0 Å². The Morgan fingerprint density at radius 1 is 1.24 bits per heavy atom. The van der Waals surface area contributed by atoms with E-state index in [1.165, 1.54) is 25.7 Å². The van der Waals surface area contributed by atoms with Gasteiger partial charge in [-0.25, -0.2) is 0 Å². The van der Waals surface area contributed by atoms with E-state index >= 15 is 0 Å². The molecule has 1 fully saturated rings. The van der Waals surface area contributed by atoms with Crippen molar-refractivity contribution in [3.05, 3.63) is 29.8 Å². The zero-order chi connectivity index (χ0) is 12.1. The molecule has 90 valence electrons. The lowest BCUT2D eigenvalue weighted by Crippen LogP contribution is -2.33. The van der Waals surface area contributed by atoms with E-state index in [0.717, 1.165) is 12.1 Å². The summed E-state index contributed by atoms with van der Waals surface area (Å²) in [6, 6.07) is 10.1. The summed E-state index contributed by atoms with van der Waals surface area (Å²) in [6.07, 6.45) is 4.98. The van der Waals surface area contributed by atoms with Crippen LogP contribution in [0.2, 0.25) is 0 Å². The molecule has 1 aliphatic carbocycles. The Kier molecular flexibility index (Phi) is 4.00. The summed E-state index contributed by atoms with van der Waals surface area (Å²) in [5.74, 6) is 0.293. The van der Waals surface area contributed by atoms with E-state index in [4.69, 9.17) is 5.26 Å². The lowest BCUT2D eigenvalue weighted by Gasteiger charge is -2.26. The molecule has 1 N–H and O–H groups in total. The molecule has 0 unspecified atom stereocenters. The average Bonchev–Trinajstić information content (AvgIpc) is 2.85. The largest absolute Gasteiger partial charge is 0.508 e. The van der Waals surface area contributed by atoms with Crippen molar-refractivity contribution in [3.8, 4) is 11.8 Å². The number of aromatic hydroxyl groups is 1. The molecular formula is C14H18N2O. The van der Waals surface area contributed by atoms with Crippen molar-refractivity contribution in [1.29, 1.82) is 5.26 Å². The zero-order valence-corrected chi connectivity index (χ0v) is 9.97. The molecule has 0 amide bonds. The molecule has 1 aromatic carbocycles. The number of hydrogen-bond donors (Lipinski definition) is 1. The number of phenols is 1. The zero-order valence-electron chi connectivity index (χ0n) is 9.97. The van der Waals surface area contributed by atoms with E-state index in [9.17, 15) is 5.11 Å². The molecule has 0 atom stereocenters. The average molecular weight is 230 g/mol. The van der Waals surface area contributed by atoms with Crippen LogP contribution in [0.5, 0.6) is 5.75 Å². The molecule has 0 spiro atoms. The van der Waals surface area contributed by atoms with Crippen LogP contribution in [0, 0.1) is 11.3 Å². The van der Waals surface area contributed by atoms with Crippen molar-refractivity contribution in [2.45, 2.75) is 38.3 Å². The van der Waals surface area contributed by atoms with Crippen LogP contribution in [0.1, 0.15) is 31.2 Å². The molecule has 0 aliphatic heterocycles. The highest BCUT2D eigenvalue weighted by molar-refractivity contribution is 5.25. The molecule has 1 saturated carbocycles. The molecule has 2 rings (SSSR count). The van der Waals surface area contributed by atoms with E-state index < -0.39 is 0 Å². The molecule has 3 heteroatoms. The Balaban J connectivity index is 2.01. The second kappa shape index (κ2) is 5.70. The molecule has 0 radical (unpaired) electrons. The van der Waals surface area contributed by atoms with Crippen LogP contribution in [0.25, 0.3) is 0 Å². The van der Waals surface area contributed by atoms with Crippen LogP contribution in [-0.2, 0) is 6.54 Å². The number of rotatable bonds is 4. The normalized spacial score (nSPS) is 16.2. The van der Waals surface area contributed by atoms with Gasteiger partial charge in [0.15, 0.2) is 0 Å². The summed E-state index contributed by atoms with van der Waals surface area (Å²) < 4.78 is 0. The van der Waals surface area contributed by atoms with Gasteiger partial charge in [0.05, 0.1) is 12.6 Å². The number of benzene rings is 1. The molecule has 0 bridgehead atoms. The molecule has 17 heavy (non-hydrogen) atoms. The van der Waals surface area contributed by atoms with Gasteiger partial charge in [0, 0.05) is 12.6 Å². The third-order valence-electron chi connectivity index (χ3n) is 3.44. The third kappa shape index (κ3) is 3.21. The Morgan fingerprint density at radius 3 is 2.47 bits per heavy atom. The number of hydrogen-bond acceptors (Lipinski definition) is 3. The van der Waals surface area contributed by atoms with Gasteiger partial charge < -0.3 is 5.11 Å². The Morgan fingerprint density at radius 2 is 1.88 bits per heavy atom. The molecule has 0 heterocycles. The molecule has 0 aromatic heterocycles. The van der Waals surface area contributed by atoms with Gasteiger partial charge in [-0.05, 0) is 30.5 Å². The van der Waals surface area contributed by atoms with Crippen LogP contribution in [0.4, 0.5) is 0 Å². The van der Waals surface area contributed by atoms with Gasteiger partial charge in [-0.1, -0.05) is 25.0 Å². The first-order chi connectivity index (χ1) is 8.29. The summed E-state index contributed by atoms with van der Waals surface area (Å²) in [5, 5.41) is 18.1. The van der Waals surface area contributed by atoms with E-state index in [-0.39, 0.29) is 0 Å². The van der Waals surface area contributed by atoms with Crippen molar-refractivity contribution in [2.75, 3.05) is 6.54 Å². The minimum atomic E-state index is 0.293. The summed E-state index contributed by atoms with van der Waals surface area (Å²) >= 11 is 0. The first-order valence-corrected chi connectivity index (χ1v) is 6.18. The summed E-state index contributed by atoms with van der Waals surface area (Å²) in [4.78, 5) is 2.25. The summed E-state index contributed by atoms with van der Waals surface area (Å²) in [7, 11) is 0. The van der Waals surface area contributed by atoms with Crippen molar-refractivity contribution < 1.29 is 5.11 Å². The summed E-state index contributed by atoms with van der Waals surface area (Å²) in [6.45, 7) is 1.30. The van der Waals surface area contributed by atoms with Gasteiger partial charge in [-0.2, -0.15) is 5.26 Å². The van der Waals surface area contributed by atoms with E-state index in [2.05, 4.69) is 11.0 Å². The highest BCUT2D eigenvalue weighted by atomic mass is 16.3. The van der Waals surface area contributed by atoms with Crippen molar-refractivity contribution in [3.63, 3.8) is 0 Å². The van der Waals surface area contributed by atoms with Crippen LogP contribution < -0.4 is 0 Å². The predicted octanol–water partition coefficient (Wildman–Crippen LogP) is 2.66. The topological polar surface area (TPSA) is 47.3 Å². The number of phenolic OH excluding ortho intramolecular Hbond substituents is 1. The van der Waals surface area contributed by atoms with Crippen LogP contribution >= 0.6 is 0 Å². The minimum absolute atomic E-state index is 0.293. The highest BCUT2D eigenvalue weighted by Gasteiger charge is 2.22. The molecular weight excluding hydrogens is 212 g/mol. The fraction of sp³-hybridized carbons (Fsp3) is 0.500. The summed E-state index contributed by atoms with van der Waals surface area (Å²) in [5.41, 5.74) is 1.16. The van der Waals surface area contributed by atoms with Crippen molar-refractivity contribution in [1.82, 2.24) is 4.90 Å². The Hall–Kier alpha value is -1.53. The first-order valence-electron chi connectivity index (χ1n) is 6.18. The van der Waals surface area contributed by atoms with Crippen LogP contribution in [-0.4, -0.2) is 22.6 Å². The predicted molar refractivity (Wildman–Crippen MR) is 66.4 cm³/mol. The Bertz CT molecular complexity index is 388. The number of nitrogens with zero attached hydrogens (tertiary/aromatic N) is 2. The maximum atomic E-state index is 9.24. The molecule has 3 nitrogen and oxygen atoms in total. The standard InChI is InChI=1S/C14H18N2O/c15-9-10-16(13-3-1-2-4-13)11-12-5-7-14(17)8-6-12/h5-8,13,17H,1-4,10-11H2. The monoisotopic (exact) mass is 230 g/mol. The van der Waals surface area contributed by atoms with Gasteiger partial charge in [0.25, 0.3) is 0 Å². The molecule has 1 aromatic rings. The fourth-order valence-corrected chi connectivity index (χ4v) is 2.51. The van der Waals surface area contributed by atoms with Crippen molar-refractivity contribution in [2.24, 2.45) is 0 Å². The minimum Gasteiger partial charge on any atom is -0.508 e. The highest BCUT2D eigenvalue weighted by Crippen LogP contribution is 2.25. The van der Waals surface area contributed by atoms with Gasteiger partial charge in [0.2, 0.25) is 0 Å². The quantitative estimate of drug-likeness (QED) is 0.809. The van der Waals surface area contributed by atoms with Crippen molar-refractivity contribution >= 4 is 0 Å². The first kappa shape index (κ1) is 11.9. The third-order valence-corrected chi connectivity index (χ3v) is 3.44. The van der Waals surface area contributed by atoms with E-state index in [1.807, 2.05) is 12.1 Å². The van der Waals surface area contributed by atoms with Gasteiger partial charge in [-0.3, -0.25) is 4.90 Å². The second-order valence-electron chi connectivity index (χ2n) is 4.67. The Labute approximate surface area is 102 Å². The van der Waals surface area contributed by atoms with E-state index in [0.29, 0.717) is 18.3 Å². The van der Waals surface area contributed by atoms with E-state index in [1.54, 1.807) is 12.1 Å². The lowest BCUT2D eigenvalue weighted by atomic mass is 10.1. The van der Waals surface area contributed by atoms with Gasteiger partial charge in [0.1, 0.15) is 5.75 Å².